The van der Waals surface area contributed by atoms with Gasteiger partial charge < -0.3 is 25.2 Å². The van der Waals surface area contributed by atoms with Crippen molar-refractivity contribution >= 4 is 5.97 Å². The Balaban J connectivity index is 2.61. The predicted molar refractivity (Wildman–Crippen MR) is 62.2 cm³/mol. The number of carboxylic acid groups (broad SMARTS) is 1. The van der Waals surface area contributed by atoms with E-state index in [2.05, 4.69) is 0 Å². The molecule has 0 bridgehead atoms. The van der Waals surface area contributed by atoms with E-state index in [-0.39, 0.29) is 13.0 Å². The molecule has 100 valence electrons. The Kier molecular flexibility index (Phi) is 5.57. The first-order valence-corrected chi connectivity index (χ1v) is 5.46. The lowest BCUT2D eigenvalue weighted by Gasteiger charge is -2.17. The summed E-state index contributed by atoms with van der Waals surface area (Å²) >= 11 is 0. The first-order valence-electron chi connectivity index (χ1n) is 5.46. The standard InChI is InChI=1S/C12H16O6/c13-6-5-10(14)12(17)8-1-3-9(4-2-8)18-7-11(15)16/h1-4,10,12-14,17H,5-7H2,(H,15,16). The Morgan fingerprint density at radius 3 is 2.33 bits per heavy atom. The largest absolute Gasteiger partial charge is 0.482 e. The molecular weight excluding hydrogens is 240 g/mol. The zero-order valence-corrected chi connectivity index (χ0v) is 9.69. The normalized spacial score (nSPS) is 13.9. The summed E-state index contributed by atoms with van der Waals surface area (Å²) in [7, 11) is 0. The van der Waals surface area contributed by atoms with Crippen molar-refractivity contribution in [2.75, 3.05) is 13.2 Å². The minimum Gasteiger partial charge on any atom is -0.482 e. The maximum absolute atomic E-state index is 10.3. The molecule has 2 atom stereocenters. The summed E-state index contributed by atoms with van der Waals surface area (Å²) in [5.74, 6) is -0.706. The van der Waals surface area contributed by atoms with Crippen LogP contribution in [0.1, 0.15) is 18.1 Å². The molecule has 0 fully saturated rings. The van der Waals surface area contributed by atoms with Crippen LogP contribution in [0.5, 0.6) is 5.75 Å². The van der Waals surface area contributed by atoms with Crippen LogP contribution in [-0.4, -0.2) is 45.7 Å². The zero-order chi connectivity index (χ0) is 13.5. The van der Waals surface area contributed by atoms with Crippen LogP contribution in [0.25, 0.3) is 0 Å². The van der Waals surface area contributed by atoms with Gasteiger partial charge in [-0.1, -0.05) is 12.1 Å². The van der Waals surface area contributed by atoms with Gasteiger partial charge in [-0.3, -0.25) is 0 Å². The number of aliphatic carboxylic acids is 1. The lowest BCUT2D eigenvalue weighted by atomic mass is 10.0. The maximum Gasteiger partial charge on any atom is 0.341 e. The molecule has 1 rings (SSSR count). The van der Waals surface area contributed by atoms with Crippen LogP contribution in [0.15, 0.2) is 24.3 Å². The Hall–Kier alpha value is -1.63. The molecule has 0 heterocycles. The Morgan fingerprint density at radius 2 is 1.83 bits per heavy atom. The number of benzene rings is 1. The monoisotopic (exact) mass is 256 g/mol. The van der Waals surface area contributed by atoms with E-state index in [1.807, 2.05) is 0 Å². The summed E-state index contributed by atoms with van der Waals surface area (Å²) in [5, 5.41) is 36.3. The maximum atomic E-state index is 10.3. The highest BCUT2D eigenvalue weighted by Gasteiger charge is 2.17. The zero-order valence-electron chi connectivity index (χ0n) is 9.69. The molecule has 1 aromatic rings. The summed E-state index contributed by atoms with van der Waals surface area (Å²) in [6, 6.07) is 6.07. The molecule has 6 nitrogen and oxygen atoms in total. The Morgan fingerprint density at radius 1 is 1.22 bits per heavy atom. The molecule has 2 unspecified atom stereocenters. The molecule has 6 heteroatoms. The van der Waals surface area contributed by atoms with Gasteiger partial charge in [-0.2, -0.15) is 0 Å². The van der Waals surface area contributed by atoms with Crippen molar-refractivity contribution in [1.29, 1.82) is 0 Å². The van der Waals surface area contributed by atoms with Crippen molar-refractivity contribution in [3.05, 3.63) is 29.8 Å². The molecule has 0 aliphatic carbocycles. The van der Waals surface area contributed by atoms with E-state index in [1.165, 1.54) is 24.3 Å². The highest BCUT2D eigenvalue weighted by atomic mass is 16.5. The van der Waals surface area contributed by atoms with Crippen LogP contribution in [0.4, 0.5) is 0 Å². The van der Waals surface area contributed by atoms with Gasteiger partial charge in [-0.15, -0.1) is 0 Å². The lowest BCUT2D eigenvalue weighted by molar-refractivity contribution is -0.139. The Bertz CT molecular complexity index is 375. The molecule has 0 spiro atoms. The van der Waals surface area contributed by atoms with Gasteiger partial charge in [0, 0.05) is 6.61 Å². The van der Waals surface area contributed by atoms with Crippen molar-refractivity contribution in [2.24, 2.45) is 0 Å². The van der Waals surface area contributed by atoms with E-state index in [0.717, 1.165) is 0 Å². The van der Waals surface area contributed by atoms with Gasteiger partial charge in [-0.05, 0) is 24.1 Å². The fourth-order valence-corrected chi connectivity index (χ4v) is 1.42. The molecule has 18 heavy (non-hydrogen) atoms. The third-order valence-electron chi connectivity index (χ3n) is 2.37. The summed E-state index contributed by atoms with van der Waals surface area (Å²) in [6.45, 7) is -0.646. The third kappa shape index (κ3) is 4.33. The van der Waals surface area contributed by atoms with Crippen LogP contribution in [0.2, 0.25) is 0 Å². The molecule has 0 saturated heterocycles. The highest BCUT2D eigenvalue weighted by molar-refractivity contribution is 5.68. The molecule has 0 amide bonds. The van der Waals surface area contributed by atoms with Crippen molar-refractivity contribution in [2.45, 2.75) is 18.6 Å². The minimum absolute atomic E-state index is 0.0818. The lowest BCUT2D eigenvalue weighted by Crippen LogP contribution is -2.19. The first kappa shape index (κ1) is 14.4. The number of aliphatic hydroxyl groups is 3. The van der Waals surface area contributed by atoms with Crippen LogP contribution in [0.3, 0.4) is 0 Å². The number of carbonyl (C=O) groups is 1. The van der Waals surface area contributed by atoms with E-state index < -0.39 is 24.8 Å². The van der Waals surface area contributed by atoms with Crippen molar-refractivity contribution in [3.8, 4) is 5.75 Å². The summed E-state index contributed by atoms with van der Waals surface area (Å²) in [6.07, 6.45) is -2.05. The van der Waals surface area contributed by atoms with E-state index >= 15 is 0 Å². The number of hydrogen-bond donors (Lipinski definition) is 4. The van der Waals surface area contributed by atoms with E-state index in [0.29, 0.717) is 11.3 Å². The van der Waals surface area contributed by atoms with E-state index in [1.54, 1.807) is 0 Å². The van der Waals surface area contributed by atoms with Crippen molar-refractivity contribution in [1.82, 2.24) is 0 Å². The Labute approximate surface area is 104 Å². The van der Waals surface area contributed by atoms with Gasteiger partial charge in [0.2, 0.25) is 0 Å². The molecule has 0 radical (unpaired) electrons. The molecule has 0 aromatic heterocycles. The predicted octanol–water partition coefficient (Wildman–Crippen LogP) is -0.0733. The van der Waals surface area contributed by atoms with Crippen LogP contribution in [0, 0.1) is 0 Å². The van der Waals surface area contributed by atoms with Crippen LogP contribution in [-0.2, 0) is 4.79 Å². The summed E-state index contributed by atoms with van der Waals surface area (Å²) in [5.41, 5.74) is 0.471. The van der Waals surface area contributed by atoms with Crippen LogP contribution >= 0.6 is 0 Å². The smallest absolute Gasteiger partial charge is 0.341 e. The minimum atomic E-state index is -1.09. The van der Waals surface area contributed by atoms with Gasteiger partial charge >= 0.3 is 5.97 Å². The average molecular weight is 256 g/mol. The highest BCUT2D eigenvalue weighted by Crippen LogP contribution is 2.21. The topological polar surface area (TPSA) is 107 Å². The SMILES string of the molecule is O=C(O)COc1ccc(C(O)C(O)CCO)cc1. The van der Waals surface area contributed by atoms with Gasteiger partial charge in [-0.25, -0.2) is 4.79 Å². The first-order chi connectivity index (χ1) is 8.54. The second-order valence-corrected chi connectivity index (χ2v) is 3.78. The number of carboxylic acids is 1. The van der Waals surface area contributed by atoms with Gasteiger partial charge in [0.15, 0.2) is 6.61 Å². The van der Waals surface area contributed by atoms with E-state index in [9.17, 15) is 15.0 Å². The fourth-order valence-electron chi connectivity index (χ4n) is 1.42. The third-order valence-corrected chi connectivity index (χ3v) is 2.37. The number of rotatable bonds is 7. The molecule has 1 aromatic carbocycles. The molecule has 0 aliphatic heterocycles. The number of aliphatic hydroxyl groups excluding tert-OH is 3. The van der Waals surface area contributed by atoms with Crippen molar-refractivity contribution < 1.29 is 30.0 Å². The van der Waals surface area contributed by atoms with Gasteiger partial charge in [0.05, 0.1) is 6.10 Å². The molecular formula is C12H16O6. The number of hydrogen-bond acceptors (Lipinski definition) is 5. The fraction of sp³-hybridized carbons (Fsp3) is 0.417. The summed E-state index contributed by atoms with van der Waals surface area (Å²) in [4.78, 5) is 10.3. The van der Waals surface area contributed by atoms with Gasteiger partial charge in [0.25, 0.3) is 0 Å². The summed E-state index contributed by atoms with van der Waals surface area (Å²) < 4.78 is 4.93. The van der Waals surface area contributed by atoms with E-state index in [4.69, 9.17) is 14.9 Å². The average Bonchev–Trinajstić information content (AvgIpc) is 2.36. The van der Waals surface area contributed by atoms with Crippen LogP contribution < -0.4 is 4.74 Å². The second kappa shape index (κ2) is 6.95. The molecule has 4 N–H and O–H groups in total. The quantitative estimate of drug-likeness (QED) is 0.544. The number of ether oxygens (including phenoxy) is 1. The second-order valence-electron chi connectivity index (χ2n) is 3.78. The van der Waals surface area contributed by atoms with Gasteiger partial charge in [0.1, 0.15) is 11.9 Å². The van der Waals surface area contributed by atoms with Crippen molar-refractivity contribution in [3.63, 3.8) is 0 Å². The molecule has 0 aliphatic rings. The molecule has 0 saturated carbocycles.